The largest absolute Gasteiger partial charge is 0.389 e. The molecule has 0 unspecified atom stereocenters. The molecule has 0 atom stereocenters. The van der Waals surface area contributed by atoms with Crippen molar-refractivity contribution < 1.29 is 0 Å². The van der Waals surface area contributed by atoms with Crippen LogP contribution in [0.2, 0.25) is 0 Å². The highest BCUT2D eigenvalue weighted by Gasteiger charge is 1.97. The highest BCUT2D eigenvalue weighted by atomic mass is 14.9. The molecule has 0 aromatic rings. The van der Waals surface area contributed by atoms with Crippen molar-refractivity contribution in [3.8, 4) is 0 Å². The Kier molecular flexibility index (Phi) is 25.2. The van der Waals surface area contributed by atoms with Gasteiger partial charge in [-0.05, 0) is 19.3 Å². The number of nitrogens with one attached hydrogen (secondary N) is 1. The highest BCUT2D eigenvalue weighted by molar-refractivity contribution is 4.90. The minimum atomic E-state index is 1.13. The van der Waals surface area contributed by atoms with E-state index in [-0.39, 0.29) is 0 Å². The number of allylic oxidation sites excluding steroid dienone is 1. The van der Waals surface area contributed by atoms with Gasteiger partial charge >= 0.3 is 0 Å². The zero-order chi connectivity index (χ0) is 21.3. The molecule has 0 spiro atoms. The lowest BCUT2D eigenvalue weighted by Gasteiger charge is -2.09. The van der Waals surface area contributed by atoms with Crippen molar-refractivity contribution in [3.63, 3.8) is 0 Å². The summed E-state index contributed by atoms with van der Waals surface area (Å²) in [6.45, 7) is 9.89. The molecule has 0 saturated carbocycles. The predicted molar refractivity (Wildman–Crippen MR) is 135 cm³/mol. The van der Waals surface area contributed by atoms with Crippen LogP contribution in [0.3, 0.4) is 0 Å². The molecule has 0 bridgehead atoms. The van der Waals surface area contributed by atoms with E-state index in [9.17, 15) is 0 Å². The first kappa shape index (κ1) is 28.5. The summed E-state index contributed by atoms with van der Waals surface area (Å²) in [5, 5.41) is 3.52. The summed E-state index contributed by atoms with van der Waals surface area (Å²) in [5.41, 5.74) is 1.27. The standard InChI is InChI=1S/C28H57N/c1-4-6-8-10-11-12-13-14-15-16-17-18-19-20-21-22-24-26-28(3)29-27-25-23-9-7-5-2/h29H,3-27H2,1-2H3. The van der Waals surface area contributed by atoms with Gasteiger partial charge in [-0.3, -0.25) is 0 Å². The van der Waals surface area contributed by atoms with Crippen LogP contribution in [0.25, 0.3) is 0 Å². The minimum Gasteiger partial charge on any atom is -0.389 e. The molecule has 0 fully saturated rings. The fourth-order valence-electron chi connectivity index (χ4n) is 4.15. The van der Waals surface area contributed by atoms with E-state index in [4.69, 9.17) is 0 Å². The van der Waals surface area contributed by atoms with Gasteiger partial charge in [0.1, 0.15) is 0 Å². The maximum atomic E-state index is 4.19. The molecule has 0 aromatic heterocycles. The second kappa shape index (κ2) is 25.6. The van der Waals surface area contributed by atoms with Crippen LogP contribution < -0.4 is 5.32 Å². The Morgan fingerprint density at radius 1 is 0.448 bits per heavy atom. The molecular formula is C28H57N. The smallest absolute Gasteiger partial charge is 0.0143 e. The van der Waals surface area contributed by atoms with Gasteiger partial charge in [-0.25, -0.2) is 0 Å². The lowest BCUT2D eigenvalue weighted by atomic mass is 10.0. The molecule has 0 radical (unpaired) electrons. The summed E-state index contributed by atoms with van der Waals surface area (Å²) in [7, 11) is 0. The van der Waals surface area contributed by atoms with E-state index in [1.807, 2.05) is 0 Å². The zero-order valence-electron chi connectivity index (χ0n) is 20.7. The Morgan fingerprint density at radius 2 is 0.759 bits per heavy atom. The summed E-state index contributed by atoms with van der Waals surface area (Å²) >= 11 is 0. The molecule has 0 aliphatic carbocycles. The van der Waals surface area contributed by atoms with Crippen LogP contribution in [0.5, 0.6) is 0 Å². The number of rotatable bonds is 25. The fraction of sp³-hybridized carbons (Fsp3) is 0.929. The van der Waals surface area contributed by atoms with Gasteiger partial charge in [0.2, 0.25) is 0 Å². The first-order valence-corrected chi connectivity index (χ1v) is 13.7. The first-order valence-electron chi connectivity index (χ1n) is 13.7. The molecule has 0 aliphatic rings. The SMILES string of the molecule is C=C(CCCCCCCCCCCCCCCCCCC)NCCCCCCC. The van der Waals surface area contributed by atoms with E-state index in [0.29, 0.717) is 0 Å². The Morgan fingerprint density at radius 3 is 1.14 bits per heavy atom. The third kappa shape index (κ3) is 25.5. The van der Waals surface area contributed by atoms with E-state index < -0.39 is 0 Å². The van der Waals surface area contributed by atoms with Gasteiger partial charge in [0, 0.05) is 12.2 Å². The van der Waals surface area contributed by atoms with Crippen LogP contribution in [-0.2, 0) is 0 Å². The topological polar surface area (TPSA) is 12.0 Å². The van der Waals surface area contributed by atoms with Crippen molar-refractivity contribution in [3.05, 3.63) is 12.3 Å². The average molecular weight is 408 g/mol. The number of unbranched alkanes of at least 4 members (excludes halogenated alkanes) is 20. The molecule has 0 saturated heterocycles. The summed E-state index contributed by atoms with van der Waals surface area (Å²) in [5.74, 6) is 0. The van der Waals surface area contributed by atoms with Crippen molar-refractivity contribution in [2.45, 2.75) is 162 Å². The van der Waals surface area contributed by atoms with Crippen molar-refractivity contribution in [1.82, 2.24) is 5.32 Å². The van der Waals surface area contributed by atoms with Crippen LogP contribution in [0.1, 0.15) is 162 Å². The molecule has 0 heterocycles. The Labute approximate surface area is 185 Å². The lowest BCUT2D eigenvalue weighted by Crippen LogP contribution is -2.13. The molecule has 174 valence electrons. The predicted octanol–water partition coefficient (Wildman–Crippen LogP) is 10.1. The number of hydrogen-bond acceptors (Lipinski definition) is 1. The Hall–Kier alpha value is -0.460. The third-order valence-corrected chi connectivity index (χ3v) is 6.24. The van der Waals surface area contributed by atoms with Crippen LogP contribution in [0, 0.1) is 0 Å². The molecule has 0 aliphatic heterocycles. The monoisotopic (exact) mass is 407 g/mol. The Bertz CT molecular complexity index is 309. The van der Waals surface area contributed by atoms with E-state index >= 15 is 0 Å². The van der Waals surface area contributed by atoms with E-state index in [1.54, 1.807) is 0 Å². The summed E-state index contributed by atoms with van der Waals surface area (Å²) in [4.78, 5) is 0. The van der Waals surface area contributed by atoms with Gasteiger partial charge in [0.25, 0.3) is 0 Å². The van der Waals surface area contributed by atoms with Crippen molar-refractivity contribution in [1.29, 1.82) is 0 Å². The fourth-order valence-corrected chi connectivity index (χ4v) is 4.15. The van der Waals surface area contributed by atoms with Gasteiger partial charge in [-0.15, -0.1) is 0 Å². The van der Waals surface area contributed by atoms with Crippen LogP contribution >= 0.6 is 0 Å². The molecule has 1 N–H and O–H groups in total. The van der Waals surface area contributed by atoms with Gasteiger partial charge in [-0.1, -0.05) is 149 Å². The average Bonchev–Trinajstić information content (AvgIpc) is 2.73. The maximum absolute atomic E-state index is 4.19. The van der Waals surface area contributed by atoms with E-state index in [2.05, 4.69) is 25.7 Å². The molecule has 0 aromatic carbocycles. The third-order valence-electron chi connectivity index (χ3n) is 6.24. The maximum Gasteiger partial charge on any atom is 0.0143 e. The molecule has 1 nitrogen and oxygen atoms in total. The summed E-state index contributed by atoms with van der Waals surface area (Å²) in [6.07, 6.45) is 32.5. The van der Waals surface area contributed by atoms with Gasteiger partial charge in [0.05, 0.1) is 0 Å². The van der Waals surface area contributed by atoms with E-state index in [1.165, 1.54) is 153 Å². The van der Waals surface area contributed by atoms with E-state index in [0.717, 1.165) is 6.54 Å². The zero-order valence-corrected chi connectivity index (χ0v) is 20.7. The molecule has 0 rings (SSSR count). The van der Waals surface area contributed by atoms with Gasteiger partial charge < -0.3 is 5.32 Å². The van der Waals surface area contributed by atoms with Crippen LogP contribution in [0.15, 0.2) is 12.3 Å². The van der Waals surface area contributed by atoms with Crippen LogP contribution in [0.4, 0.5) is 0 Å². The second-order valence-corrected chi connectivity index (χ2v) is 9.35. The highest BCUT2D eigenvalue weighted by Crippen LogP contribution is 2.14. The molecular weight excluding hydrogens is 350 g/mol. The summed E-state index contributed by atoms with van der Waals surface area (Å²) < 4.78 is 0. The van der Waals surface area contributed by atoms with Crippen molar-refractivity contribution >= 4 is 0 Å². The summed E-state index contributed by atoms with van der Waals surface area (Å²) in [6, 6.07) is 0. The van der Waals surface area contributed by atoms with Crippen LogP contribution in [-0.4, -0.2) is 6.54 Å². The second-order valence-electron chi connectivity index (χ2n) is 9.35. The normalized spacial score (nSPS) is 11.1. The first-order chi connectivity index (χ1) is 14.3. The molecule has 0 amide bonds. The quantitative estimate of drug-likeness (QED) is 0.148. The molecule has 1 heteroatoms. The lowest BCUT2D eigenvalue weighted by molar-refractivity contribution is 0.526. The minimum absolute atomic E-state index is 1.13. The Balaban J connectivity index is 3.10. The molecule has 29 heavy (non-hydrogen) atoms. The van der Waals surface area contributed by atoms with Gasteiger partial charge in [0.15, 0.2) is 0 Å². The van der Waals surface area contributed by atoms with Crippen molar-refractivity contribution in [2.75, 3.05) is 6.54 Å². The van der Waals surface area contributed by atoms with Crippen molar-refractivity contribution in [2.24, 2.45) is 0 Å². The van der Waals surface area contributed by atoms with Gasteiger partial charge in [-0.2, -0.15) is 0 Å². The number of hydrogen-bond donors (Lipinski definition) is 1.